The number of nitriles is 1. The van der Waals surface area contributed by atoms with E-state index in [4.69, 9.17) is 10.4 Å². The highest BCUT2D eigenvalue weighted by Crippen LogP contribution is 2.23. The van der Waals surface area contributed by atoms with E-state index in [9.17, 15) is 0 Å². The second kappa shape index (κ2) is 3.99. The van der Waals surface area contributed by atoms with Gasteiger partial charge in [0.1, 0.15) is 6.07 Å². The Bertz CT molecular complexity index is 491. The number of rotatable bonds is 2. The number of hydrogen-bond acceptors (Lipinski definition) is 2. The first-order valence-electron chi connectivity index (χ1n) is 4.62. The number of benzene rings is 1. The summed E-state index contributed by atoms with van der Waals surface area (Å²) in [7, 11) is 0. The molecule has 0 saturated carbocycles. The van der Waals surface area contributed by atoms with Gasteiger partial charge in [-0.2, -0.15) is 5.26 Å². The van der Waals surface area contributed by atoms with Crippen LogP contribution in [-0.4, -0.2) is 10.1 Å². The summed E-state index contributed by atoms with van der Waals surface area (Å²) in [5.74, 6) is 0. The highest BCUT2D eigenvalue weighted by atomic mass is 16.3. The average molecular weight is 198 g/mol. The molecule has 2 N–H and O–H groups in total. The molecule has 0 fully saturated rings. The van der Waals surface area contributed by atoms with Gasteiger partial charge in [0, 0.05) is 18.0 Å². The van der Waals surface area contributed by atoms with Crippen molar-refractivity contribution in [3.05, 3.63) is 47.8 Å². The maximum atomic E-state index is 8.90. The number of nitrogens with one attached hydrogen (secondary N) is 1. The third kappa shape index (κ3) is 1.76. The van der Waals surface area contributed by atoms with Gasteiger partial charge in [-0.1, -0.05) is 24.3 Å². The largest absolute Gasteiger partial charge is 0.392 e. The molecule has 0 atom stereocenters. The van der Waals surface area contributed by atoms with Crippen LogP contribution in [0, 0.1) is 11.3 Å². The Hall–Kier alpha value is -2.05. The summed E-state index contributed by atoms with van der Waals surface area (Å²) < 4.78 is 0. The normalized spacial score (nSPS) is 9.87. The molecule has 0 saturated heterocycles. The van der Waals surface area contributed by atoms with Crippen LogP contribution < -0.4 is 0 Å². The van der Waals surface area contributed by atoms with Crippen LogP contribution in [0.2, 0.25) is 0 Å². The van der Waals surface area contributed by atoms with Crippen molar-refractivity contribution in [1.29, 1.82) is 5.26 Å². The minimum absolute atomic E-state index is 0.0402. The number of aromatic nitrogens is 1. The Balaban J connectivity index is 2.42. The molecule has 0 amide bonds. The molecule has 74 valence electrons. The minimum atomic E-state index is 0.0402. The van der Waals surface area contributed by atoms with Crippen molar-refractivity contribution in [2.45, 2.75) is 6.61 Å². The van der Waals surface area contributed by atoms with Crippen LogP contribution in [0.4, 0.5) is 0 Å². The quantitative estimate of drug-likeness (QED) is 0.775. The molecule has 0 bridgehead atoms. The molecular weight excluding hydrogens is 188 g/mol. The summed E-state index contributed by atoms with van der Waals surface area (Å²) in [6.45, 7) is 0.0402. The van der Waals surface area contributed by atoms with Gasteiger partial charge in [-0.15, -0.1) is 0 Å². The predicted molar refractivity (Wildman–Crippen MR) is 56.9 cm³/mol. The molecular formula is C12H10N2O. The molecule has 3 nitrogen and oxygen atoms in total. The summed E-state index contributed by atoms with van der Waals surface area (Å²) in [6, 6.07) is 9.62. The minimum Gasteiger partial charge on any atom is -0.392 e. The molecule has 1 aromatic carbocycles. The van der Waals surface area contributed by atoms with Crippen molar-refractivity contribution in [1.82, 2.24) is 4.98 Å². The van der Waals surface area contributed by atoms with Gasteiger partial charge in [0.25, 0.3) is 0 Å². The lowest BCUT2D eigenvalue weighted by Gasteiger charge is -2.00. The fraction of sp³-hybridized carbons (Fsp3) is 0.0833. The van der Waals surface area contributed by atoms with E-state index in [-0.39, 0.29) is 6.61 Å². The van der Waals surface area contributed by atoms with Crippen molar-refractivity contribution < 1.29 is 5.11 Å². The van der Waals surface area contributed by atoms with Crippen LogP contribution >= 0.6 is 0 Å². The molecule has 1 heterocycles. The number of aliphatic hydroxyl groups is 1. The van der Waals surface area contributed by atoms with Crippen molar-refractivity contribution in [2.75, 3.05) is 0 Å². The standard InChI is InChI=1S/C12H10N2O/c13-5-11-6-14-7-12(11)10-3-1-9(8-15)2-4-10/h1-4,6-7,14-15H,8H2. The summed E-state index contributed by atoms with van der Waals surface area (Å²) in [4.78, 5) is 2.90. The maximum Gasteiger partial charge on any atom is 0.101 e. The van der Waals surface area contributed by atoms with Gasteiger partial charge in [0.15, 0.2) is 0 Å². The molecule has 15 heavy (non-hydrogen) atoms. The first kappa shape index (κ1) is 9.50. The van der Waals surface area contributed by atoms with Crippen molar-refractivity contribution in [2.24, 2.45) is 0 Å². The number of H-pyrrole nitrogens is 1. The number of hydrogen-bond donors (Lipinski definition) is 2. The molecule has 0 unspecified atom stereocenters. The van der Waals surface area contributed by atoms with E-state index >= 15 is 0 Å². The van der Waals surface area contributed by atoms with Crippen molar-refractivity contribution >= 4 is 0 Å². The molecule has 0 aliphatic rings. The van der Waals surface area contributed by atoms with Crippen LogP contribution in [0.1, 0.15) is 11.1 Å². The zero-order chi connectivity index (χ0) is 10.7. The lowest BCUT2D eigenvalue weighted by Crippen LogP contribution is -1.83. The fourth-order valence-electron chi connectivity index (χ4n) is 1.48. The third-order valence-electron chi connectivity index (χ3n) is 2.31. The molecule has 2 rings (SSSR count). The third-order valence-corrected chi connectivity index (χ3v) is 2.31. The Morgan fingerprint density at radius 2 is 1.93 bits per heavy atom. The smallest absolute Gasteiger partial charge is 0.101 e. The van der Waals surface area contributed by atoms with Gasteiger partial charge in [-0.3, -0.25) is 0 Å². The highest BCUT2D eigenvalue weighted by Gasteiger charge is 2.04. The molecule has 0 aliphatic heterocycles. The maximum absolute atomic E-state index is 8.90. The van der Waals surface area contributed by atoms with Gasteiger partial charge in [0.05, 0.1) is 12.2 Å². The Morgan fingerprint density at radius 3 is 2.53 bits per heavy atom. The lowest BCUT2D eigenvalue weighted by molar-refractivity contribution is 0.282. The lowest BCUT2D eigenvalue weighted by atomic mass is 10.0. The monoisotopic (exact) mass is 198 g/mol. The van der Waals surface area contributed by atoms with Gasteiger partial charge in [0.2, 0.25) is 0 Å². The Labute approximate surface area is 87.6 Å². The van der Waals surface area contributed by atoms with Crippen LogP contribution in [0.25, 0.3) is 11.1 Å². The van der Waals surface area contributed by atoms with Crippen LogP contribution in [0.3, 0.4) is 0 Å². The van der Waals surface area contributed by atoms with E-state index in [1.54, 1.807) is 12.4 Å². The molecule has 0 spiro atoms. The molecule has 2 aromatic rings. The van der Waals surface area contributed by atoms with E-state index in [1.807, 2.05) is 24.3 Å². The first-order valence-corrected chi connectivity index (χ1v) is 4.62. The van der Waals surface area contributed by atoms with E-state index in [1.165, 1.54) is 0 Å². The molecule has 0 radical (unpaired) electrons. The zero-order valence-corrected chi connectivity index (χ0v) is 8.07. The summed E-state index contributed by atoms with van der Waals surface area (Å²) >= 11 is 0. The molecule has 1 aromatic heterocycles. The van der Waals surface area contributed by atoms with Gasteiger partial charge in [-0.05, 0) is 11.1 Å². The molecule has 3 heteroatoms. The second-order valence-corrected chi connectivity index (χ2v) is 3.25. The van der Waals surface area contributed by atoms with Crippen LogP contribution in [0.5, 0.6) is 0 Å². The number of nitrogens with zero attached hydrogens (tertiary/aromatic N) is 1. The van der Waals surface area contributed by atoms with Crippen molar-refractivity contribution in [3.8, 4) is 17.2 Å². The van der Waals surface area contributed by atoms with Crippen LogP contribution in [0.15, 0.2) is 36.7 Å². The second-order valence-electron chi connectivity index (χ2n) is 3.25. The van der Waals surface area contributed by atoms with E-state index in [0.29, 0.717) is 5.56 Å². The van der Waals surface area contributed by atoms with E-state index in [2.05, 4.69) is 11.1 Å². The molecule has 0 aliphatic carbocycles. The predicted octanol–water partition coefficient (Wildman–Crippen LogP) is 2.05. The Kier molecular flexibility index (Phi) is 2.53. The zero-order valence-electron chi connectivity index (χ0n) is 8.07. The fourth-order valence-corrected chi connectivity index (χ4v) is 1.48. The number of aliphatic hydroxyl groups excluding tert-OH is 1. The average Bonchev–Trinajstić information content (AvgIpc) is 2.77. The van der Waals surface area contributed by atoms with E-state index in [0.717, 1.165) is 16.7 Å². The van der Waals surface area contributed by atoms with Crippen LogP contribution in [-0.2, 0) is 6.61 Å². The summed E-state index contributed by atoms with van der Waals surface area (Å²) in [5.41, 5.74) is 3.37. The van der Waals surface area contributed by atoms with Gasteiger partial charge >= 0.3 is 0 Å². The van der Waals surface area contributed by atoms with Gasteiger partial charge in [-0.25, -0.2) is 0 Å². The highest BCUT2D eigenvalue weighted by molar-refractivity contribution is 5.69. The van der Waals surface area contributed by atoms with Gasteiger partial charge < -0.3 is 10.1 Å². The topological polar surface area (TPSA) is 59.8 Å². The Morgan fingerprint density at radius 1 is 1.20 bits per heavy atom. The summed E-state index contributed by atoms with van der Waals surface area (Å²) in [5, 5.41) is 17.8. The van der Waals surface area contributed by atoms with E-state index < -0.39 is 0 Å². The summed E-state index contributed by atoms with van der Waals surface area (Å²) in [6.07, 6.45) is 3.47. The van der Waals surface area contributed by atoms with Crippen molar-refractivity contribution in [3.63, 3.8) is 0 Å². The SMILES string of the molecule is N#Cc1c[nH]cc1-c1ccc(CO)cc1. The first-order chi connectivity index (χ1) is 7.35. The number of aromatic amines is 1.